The van der Waals surface area contributed by atoms with Crippen LogP contribution in [0.5, 0.6) is 0 Å². The van der Waals surface area contributed by atoms with E-state index in [2.05, 4.69) is 38.2 Å². The minimum Gasteiger partial charge on any atom is -0.462 e. The minimum atomic E-state index is -1.59. The Kier molecular flexibility index (Phi) is 26.8. The van der Waals surface area contributed by atoms with Gasteiger partial charge >= 0.3 is 11.9 Å². The number of unbranched alkanes of at least 4 members (excludes halogenated alkanes) is 14. The predicted octanol–water partition coefficient (Wildman–Crippen LogP) is 6.21. The summed E-state index contributed by atoms with van der Waals surface area (Å²) < 4.78 is 22.0. The lowest BCUT2D eigenvalue weighted by atomic mass is 9.99. The second-order valence-electron chi connectivity index (χ2n) is 12.7. The quantitative estimate of drug-likeness (QED) is 0.0411. The first-order valence-electron chi connectivity index (χ1n) is 18.4. The number of hydrogen-bond donors (Lipinski definition) is 4. The summed E-state index contributed by atoms with van der Waals surface area (Å²) in [6.45, 7) is 3.30. The number of carbonyl (C=O) groups excluding carboxylic acids is 2. The van der Waals surface area contributed by atoms with Crippen molar-refractivity contribution in [2.24, 2.45) is 0 Å². The van der Waals surface area contributed by atoms with Crippen molar-refractivity contribution < 1.29 is 49.0 Å². The van der Waals surface area contributed by atoms with Crippen molar-refractivity contribution in [2.45, 2.75) is 179 Å². The van der Waals surface area contributed by atoms with Crippen molar-refractivity contribution in [3.8, 4) is 0 Å². The number of hydrogen-bond acceptors (Lipinski definition) is 10. The number of aliphatic hydroxyl groups is 4. The van der Waals surface area contributed by atoms with Gasteiger partial charge in [-0.2, -0.15) is 0 Å². The standard InChI is InChI=1S/C37H66O10/c1-3-5-7-9-11-13-14-15-16-17-18-20-22-24-26-33(40)46-30(28-44-32(39)25-23-21-19-12-10-8-6-4-2)29-45-37-36(43)35(42)34(41)31(27-38)47-37/h9,11,14-15,30-31,34-38,41-43H,3-8,10,12-13,16-29H2,1-2H3/b11-9-,15-14-. The van der Waals surface area contributed by atoms with E-state index in [0.717, 1.165) is 70.6 Å². The SMILES string of the molecule is CCCC/C=C\C/C=C\CCCCCCCC(=O)OC(COC(=O)CCCCCCCCCC)COC1OC(CO)C(O)C(O)C1O. The monoisotopic (exact) mass is 670 g/mol. The fraction of sp³-hybridized carbons (Fsp3) is 0.838. The maximum Gasteiger partial charge on any atom is 0.306 e. The fourth-order valence-electron chi connectivity index (χ4n) is 5.32. The largest absolute Gasteiger partial charge is 0.462 e. The molecule has 0 bridgehead atoms. The van der Waals surface area contributed by atoms with E-state index in [1.807, 2.05) is 0 Å². The molecule has 1 rings (SSSR count). The molecule has 0 amide bonds. The average Bonchev–Trinajstić information content (AvgIpc) is 3.07. The van der Waals surface area contributed by atoms with E-state index in [1.165, 1.54) is 38.5 Å². The maximum absolute atomic E-state index is 12.6. The van der Waals surface area contributed by atoms with Crippen LogP contribution in [-0.4, -0.2) is 89.0 Å². The lowest BCUT2D eigenvalue weighted by Gasteiger charge is -2.39. The van der Waals surface area contributed by atoms with Crippen molar-refractivity contribution in [3.63, 3.8) is 0 Å². The van der Waals surface area contributed by atoms with Gasteiger partial charge in [-0.15, -0.1) is 0 Å². The van der Waals surface area contributed by atoms with Crippen LogP contribution in [0, 0.1) is 0 Å². The van der Waals surface area contributed by atoms with E-state index in [4.69, 9.17) is 18.9 Å². The summed E-state index contributed by atoms with van der Waals surface area (Å²) in [5.74, 6) is -0.829. The molecule has 6 unspecified atom stereocenters. The first-order chi connectivity index (χ1) is 22.8. The van der Waals surface area contributed by atoms with Gasteiger partial charge in [-0.05, 0) is 38.5 Å². The van der Waals surface area contributed by atoms with Crippen LogP contribution in [0.3, 0.4) is 0 Å². The molecule has 0 radical (unpaired) electrons. The van der Waals surface area contributed by atoms with Crippen LogP contribution in [-0.2, 0) is 28.5 Å². The third-order valence-corrected chi connectivity index (χ3v) is 8.34. The summed E-state index contributed by atoms with van der Waals surface area (Å²) in [7, 11) is 0. The molecule has 1 saturated heterocycles. The van der Waals surface area contributed by atoms with Gasteiger partial charge in [0.15, 0.2) is 12.4 Å². The van der Waals surface area contributed by atoms with Crippen LogP contribution >= 0.6 is 0 Å². The average molecular weight is 671 g/mol. The van der Waals surface area contributed by atoms with Gasteiger partial charge in [-0.1, -0.05) is 115 Å². The molecular formula is C37H66O10. The minimum absolute atomic E-state index is 0.215. The van der Waals surface area contributed by atoms with Crippen LogP contribution in [0.25, 0.3) is 0 Å². The number of esters is 2. The Hall–Kier alpha value is -1.82. The molecule has 6 atom stereocenters. The molecule has 47 heavy (non-hydrogen) atoms. The second kappa shape index (κ2) is 29.1. The molecule has 0 spiro atoms. The number of carbonyl (C=O) groups is 2. The molecular weight excluding hydrogens is 604 g/mol. The van der Waals surface area contributed by atoms with E-state index in [0.29, 0.717) is 6.42 Å². The fourth-order valence-corrected chi connectivity index (χ4v) is 5.32. The van der Waals surface area contributed by atoms with Crippen molar-refractivity contribution in [2.75, 3.05) is 19.8 Å². The summed E-state index contributed by atoms with van der Waals surface area (Å²) in [6.07, 6.45) is 20.6. The van der Waals surface area contributed by atoms with Gasteiger partial charge in [-0.25, -0.2) is 0 Å². The van der Waals surface area contributed by atoms with Gasteiger partial charge in [0.05, 0.1) is 13.2 Å². The molecule has 1 heterocycles. The van der Waals surface area contributed by atoms with E-state index in [9.17, 15) is 30.0 Å². The molecule has 1 aliphatic rings. The zero-order valence-corrected chi connectivity index (χ0v) is 29.3. The van der Waals surface area contributed by atoms with E-state index in [-0.39, 0.29) is 32.0 Å². The predicted molar refractivity (Wildman–Crippen MR) is 183 cm³/mol. The van der Waals surface area contributed by atoms with Crippen molar-refractivity contribution in [1.29, 1.82) is 0 Å². The maximum atomic E-state index is 12.6. The Balaban J connectivity index is 2.43. The van der Waals surface area contributed by atoms with E-state index in [1.54, 1.807) is 0 Å². The Bertz CT molecular complexity index is 830. The highest BCUT2D eigenvalue weighted by Crippen LogP contribution is 2.22. The van der Waals surface area contributed by atoms with Gasteiger partial charge in [0.2, 0.25) is 0 Å². The van der Waals surface area contributed by atoms with Crippen molar-refractivity contribution in [1.82, 2.24) is 0 Å². The lowest BCUT2D eigenvalue weighted by molar-refractivity contribution is -0.305. The second-order valence-corrected chi connectivity index (χ2v) is 12.7. The molecule has 10 heteroatoms. The van der Waals surface area contributed by atoms with Crippen LogP contribution < -0.4 is 0 Å². The van der Waals surface area contributed by atoms with E-state index >= 15 is 0 Å². The van der Waals surface area contributed by atoms with Gasteiger partial charge in [0.1, 0.15) is 31.0 Å². The molecule has 1 aliphatic heterocycles. The smallest absolute Gasteiger partial charge is 0.306 e. The highest BCUT2D eigenvalue weighted by atomic mass is 16.7. The van der Waals surface area contributed by atoms with Crippen LogP contribution in [0.15, 0.2) is 24.3 Å². The first kappa shape index (κ1) is 43.2. The topological polar surface area (TPSA) is 152 Å². The van der Waals surface area contributed by atoms with Crippen molar-refractivity contribution >= 4 is 11.9 Å². The Morgan fingerprint density at radius 3 is 1.83 bits per heavy atom. The Labute approximate surface area is 283 Å². The number of rotatable bonds is 29. The molecule has 0 aromatic heterocycles. The number of aliphatic hydroxyl groups excluding tert-OH is 4. The molecule has 0 aromatic rings. The molecule has 4 N–H and O–H groups in total. The van der Waals surface area contributed by atoms with Crippen LogP contribution in [0.1, 0.15) is 142 Å². The molecule has 1 fully saturated rings. The molecule has 0 saturated carbocycles. The zero-order chi connectivity index (χ0) is 34.5. The third kappa shape index (κ3) is 21.7. The normalized spacial score (nSPS) is 22.2. The summed E-state index contributed by atoms with van der Waals surface area (Å²) >= 11 is 0. The van der Waals surface area contributed by atoms with Crippen LogP contribution in [0.4, 0.5) is 0 Å². The summed E-state index contributed by atoms with van der Waals surface area (Å²) in [5.41, 5.74) is 0. The third-order valence-electron chi connectivity index (χ3n) is 8.34. The molecule has 10 nitrogen and oxygen atoms in total. The Morgan fingerprint density at radius 1 is 0.660 bits per heavy atom. The summed E-state index contributed by atoms with van der Waals surface area (Å²) in [5, 5.41) is 39.8. The van der Waals surface area contributed by atoms with E-state index < -0.39 is 49.4 Å². The molecule has 274 valence electrons. The lowest BCUT2D eigenvalue weighted by Crippen LogP contribution is -2.59. The summed E-state index contributed by atoms with van der Waals surface area (Å²) in [6, 6.07) is 0. The number of allylic oxidation sites excluding steroid dienone is 4. The highest BCUT2D eigenvalue weighted by molar-refractivity contribution is 5.70. The van der Waals surface area contributed by atoms with Gasteiger partial charge < -0.3 is 39.4 Å². The van der Waals surface area contributed by atoms with Crippen molar-refractivity contribution in [3.05, 3.63) is 24.3 Å². The summed E-state index contributed by atoms with van der Waals surface area (Å²) in [4.78, 5) is 25.0. The molecule has 0 aliphatic carbocycles. The first-order valence-corrected chi connectivity index (χ1v) is 18.4. The highest BCUT2D eigenvalue weighted by Gasteiger charge is 2.44. The zero-order valence-electron chi connectivity index (χ0n) is 29.3. The van der Waals surface area contributed by atoms with Crippen LogP contribution in [0.2, 0.25) is 0 Å². The molecule has 0 aromatic carbocycles. The number of ether oxygens (including phenoxy) is 4. The van der Waals surface area contributed by atoms with Gasteiger partial charge in [-0.3, -0.25) is 9.59 Å². The Morgan fingerprint density at radius 2 is 1.21 bits per heavy atom. The van der Waals surface area contributed by atoms with Gasteiger partial charge in [0.25, 0.3) is 0 Å². The van der Waals surface area contributed by atoms with Gasteiger partial charge in [0, 0.05) is 12.8 Å².